The van der Waals surface area contributed by atoms with E-state index in [1.54, 1.807) is 48.5 Å². The van der Waals surface area contributed by atoms with Crippen LogP contribution in [0.5, 0.6) is 17.2 Å². The van der Waals surface area contributed by atoms with Crippen LogP contribution in [0.15, 0.2) is 66.7 Å². The predicted molar refractivity (Wildman–Crippen MR) is 148 cm³/mol. The lowest BCUT2D eigenvalue weighted by atomic mass is 10.0. The molecule has 0 aromatic heterocycles. The van der Waals surface area contributed by atoms with Gasteiger partial charge in [0.2, 0.25) is 0 Å². The van der Waals surface area contributed by atoms with Crippen molar-refractivity contribution < 1.29 is 38.1 Å². The fourth-order valence-corrected chi connectivity index (χ4v) is 3.93. The van der Waals surface area contributed by atoms with Crippen LogP contribution in [0.25, 0.3) is 0 Å². The van der Waals surface area contributed by atoms with Crippen molar-refractivity contribution in [1.82, 2.24) is 5.32 Å². The highest BCUT2D eigenvalue weighted by Gasteiger charge is 2.22. The maximum atomic E-state index is 13.9. The number of carbonyl (C=O) groups is 3. The Kier molecular flexibility index (Phi) is 11.5. The fourth-order valence-electron chi connectivity index (χ4n) is 3.93. The zero-order valence-electron chi connectivity index (χ0n) is 22.7. The zero-order valence-corrected chi connectivity index (χ0v) is 22.7. The molecule has 1 atom stereocenters. The molecular weight excluding hydrogens is 517 g/mol. The highest BCUT2D eigenvalue weighted by molar-refractivity contribution is 5.96. The van der Waals surface area contributed by atoms with Crippen LogP contribution in [0.4, 0.5) is 4.39 Å². The molecule has 1 amide bonds. The molecule has 1 unspecified atom stereocenters. The first kappa shape index (κ1) is 30.1. The third-order valence-electron chi connectivity index (χ3n) is 6.20. The van der Waals surface area contributed by atoms with Crippen molar-refractivity contribution in [2.75, 3.05) is 13.7 Å². The molecule has 0 bridgehead atoms. The van der Waals surface area contributed by atoms with Gasteiger partial charge in [-0.2, -0.15) is 0 Å². The molecule has 3 aromatic carbocycles. The van der Waals surface area contributed by atoms with Crippen molar-refractivity contribution >= 4 is 17.8 Å². The van der Waals surface area contributed by atoms with Crippen LogP contribution < -0.4 is 19.5 Å². The number of carboxylic acids is 1. The Labute approximate surface area is 233 Å². The van der Waals surface area contributed by atoms with Gasteiger partial charge in [-0.15, -0.1) is 0 Å². The monoisotopic (exact) mass is 551 g/mol. The minimum absolute atomic E-state index is 0.0262. The fraction of sp³-hybridized carbons (Fsp3) is 0.323. The number of unbranched alkanes of at least 4 members (excludes halogenated alkanes) is 4. The quantitative estimate of drug-likeness (QED) is 0.139. The molecule has 0 aliphatic carbocycles. The first-order chi connectivity index (χ1) is 19.3. The summed E-state index contributed by atoms with van der Waals surface area (Å²) in [6.45, 7) is 2.81. The van der Waals surface area contributed by atoms with Crippen molar-refractivity contribution in [2.24, 2.45) is 0 Å². The number of aliphatic carboxylic acids is 1. The Bertz CT molecular complexity index is 1280. The molecule has 8 nitrogen and oxygen atoms in total. The summed E-state index contributed by atoms with van der Waals surface area (Å²) >= 11 is 0. The van der Waals surface area contributed by atoms with Crippen molar-refractivity contribution in [3.05, 3.63) is 89.2 Å². The van der Waals surface area contributed by atoms with Gasteiger partial charge in [0.25, 0.3) is 5.91 Å². The van der Waals surface area contributed by atoms with Gasteiger partial charge < -0.3 is 24.6 Å². The molecule has 2 N–H and O–H groups in total. The lowest BCUT2D eigenvalue weighted by molar-refractivity contribution is -0.139. The third kappa shape index (κ3) is 9.11. The average molecular weight is 552 g/mol. The molecule has 0 saturated heterocycles. The van der Waals surface area contributed by atoms with Gasteiger partial charge in [-0.05, 0) is 66.6 Å². The van der Waals surface area contributed by atoms with E-state index in [0.717, 1.165) is 18.9 Å². The molecule has 0 fully saturated rings. The number of methoxy groups -OCH3 is 1. The smallest absolute Gasteiger partial charge is 0.343 e. The first-order valence-corrected chi connectivity index (χ1v) is 13.2. The normalized spacial score (nSPS) is 11.4. The van der Waals surface area contributed by atoms with E-state index in [-0.39, 0.29) is 23.5 Å². The van der Waals surface area contributed by atoms with Crippen molar-refractivity contribution in [2.45, 2.75) is 51.5 Å². The Morgan fingerprint density at radius 1 is 0.875 bits per heavy atom. The number of rotatable bonds is 15. The molecular formula is C31H34FNO7. The first-order valence-electron chi connectivity index (χ1n) is 13.2. The molecule has 3 aromatic rings. The van der Waals surface area contributed by atoms with E-state index >= 15 is 0 Å². The van der Waals surface area contributed by atoms with Gasteiger partial charge in [0.15, 0.2) is 11.6 Å². The lowest BCUT2D eigenvalue weighted by Gasteiger charge is -2.15. The van der Waals surface area contributed by atoms with E-state index < -0.39 is 29.7 Å². The van der Waals surface area contributed by atoms with Crippen LogP contribution in [0.2, 0.25) is 0 Å². The van der Waals surface area contributed by atoms with Crippen LogP contribution in [0.3, 0.4) is 0 Å². The number of carboxylic acid groups (broad SMARTS) is 1. The van der Waals surface area contributed by atoms with E-state index in [1.807, 2.05) is 0 Å². The lowest BCUT2D eigenvalue weighted by Crippen LogP contribution is -2.42. The highest BCUT2D eigenvalue weighted by Crippen LogP contribution is 2.20. The largest absolute Gasteiger partial charge is 0.494 e. The van der Waals surface area contributed by atoms with Crippen LogP contribution in [0.1, 0.15) is 65.3 Å². The van der Waals surface area contributed by atoms with E-state index in [1.165, 1.54) is 38.5 Å². The maximum absolute atomic E-state index is 13.9. The Balaban J connectivity index is 1.52. The molecule has 212 valence electrons. The van der Waals surface area contributed by atoms with Crippen LogP contribution in [-0.2, 0) is 11.2 Å². The number of benzene rings is 3. The molecule has 0 aliphatic rings. The summed E-state index contributed by atoms with van der Waals surface area (Å²) in [4.78, 5) is 36.8. The summed E-state index contributed by atoms with van der Waals surface area (Å²) in [5.41, 5.74) is 0.918. The topological polar surface area (TPSA) is 111 Å². The number of nitrogens with one attached hydrogen (secondary N) is 1. The summed E-state index contributed by atoms with van der Waals surface area (Å²) in [5, 5.41) is 12.0. The van der Waals surface area contributed by atoms with Gasteiger partial charge in [-0.1, -0.05) is 44.7 Å². The second-order valence-corrected chi connectivity index (χ2v) is 9.24. The van der Waals surface area contributed by atoms with E-state index in [4.69, 9.17) is 14.2 Å². The van der Waals surface area contributed by atoms with Crippen LogP contribution in [0, 0.1) is 5.82 Å². The molecule has 0 aliphatic heterocycles. The molecule has 0 spiro atoms. The van der Waals surface area contributed by atoms with E-state index in [2.05, 4.69) is 12.2 Å². The molecule has 40 heavy (non-hydrogen) atoms. The van der Waals surface area contributed by atoms with E-state index in [9.17, 15) is 23.9 Å². The Morgan fingerprint density at radius 2 is 1.52 bits per heavy atom. The molecule has 9 heteroatoms. The number of amides is 1. The maximum Gasteiger partial charge on any atom is 0.343 e. The van der Waals surface area contributed by atoms with Gasteiger partial charge in [0.1, 0.15) is 17.5 Å². The molecule has 0 radical (unpaired) electrons. The molecule has 0 heterocycles. The van der Waals surface area contributed by atoms with Gasteiger partial charge in [-0.25, -0.2) is 14.0 Å². The molecule has 0 saturated carbocycles. The van der Waals surface area contributed by atoms with Crippen LogP contribution in [-0.4, -0.2) is 42.7 Å². The zero-order chi connectivity index (χ0) is 28.9. The Hall–Kier alpha value is -4.40. The van der Waals surface area contributed by atoms with Crippen molar-refractivity contribution in [1.29, 1.82) is 0 Å². The average Bonchev–Trinajstić information content (AvgIpc) is 2.95. The van der Waals surface area contributed by atoms with Crippen molar-refractivity contribution in [3.63, 3.8) is 0 Å². The van der Waals surface area contributed by atoms with E-state index in [0.29, 0.717) is 23.5 Å². The number of hydrogen-bond donors (Lipinski definition) is 2. The number of ether oxygens (including phenoxy) is 3. The van der Waals surface area contributed by atoms with Gasteiger partial charge in [0, 0.05) is 12.0 Å². The highest BCUT2D eigenvalue weighted by atomic mass is 19.1. The number of carbonyl (C=O) groups excluding carboxylic acids is 2. The predicted octanol–water partition coefficient (Wildman–Crippen LogP) is 5.83. The summed E-state index contributed by atoms with van der Waals surface area (Å²) in [5.74, 6) is -2.31. The Morgan fingerprint density at radius 3 is 2.15 bits per heavy atom. The van der Waals surface area contributed by atoms with Gasteiger partial charge in [0.05, 0.1) is 19.3 Å². The second kappa shape index (κ2) is 15.3. The van der Waals surface area contributed by atoms with Crippen molar-refractivity contribution in [3.8, 4) is 17.2 Å². The van der Waals surface area contributed by atoms with Crippen LogP contribution >= 0.6 is 0 Å². The number of esters is 1. The van der Waals surface area contributed by atoms with Gasteiger partial charge in [-0.3, -0.25) is 4.79 Å². The summed E-state index contributed by atoms with van der Waals surface area (Å²) in [6, 6.07) is 15.4. The summed E-state index contributed by atoms with van der Waals surface area (Å²) in [7, 11) is 1.30. The molecule has 3 rings (SSSR count). The van der Waals surface area contributed by atoms with Gasteiger partial charge >= 0.3 is 11.9 Å². The number of hydrogen-bond acceptors (Lipinski definition) is 6. The summed E-state index contributed by atoms with van der Waals surface area (Å²) in [6.07, 6.45) is 5.72. The standard InChI is InChI=1S/C31H34FNO7/c1-3-4-5-6-7-18-39-24-15-10-22(11-16-24)31(37)40-25-13-8-21(9-14-25)19-27(30(35)36)33-29(34)23-12-17-28(38-2)26(32)20-23/h8-17,20,27H,3-7,18-19H2,1-2H3,(H,33,34)(H,35,36). The summed E-state index contributed by atoms with van der Waals surface area (Å²) < 4.78 is 29.9. The third-order valence-corrected chi connectivity index (χ3v) is 6.20. The minimum atomic E-state index is -1.26. The second-order valence-electron chi connectivity index (χ2n) is 9.24. The number of halogens is 1. The SMILES string of the molecule is CCCCCCCOc1ccc(C(=O)Oc2ccc(CC(NC(=O)c3ccc(OC)c(F)c3)C(=O)O)cc2)cc1. The minimum Gasteiger partial charge on any atom is -0.494 e.